The van der Waals surface area contributed by atoms with Crippen molar-refractivity contribution in [3.8, 4) is 0 Å². The third kappa shape index (κ3) is 5.23. The third-order valence-electron chi connectivity index (χ3n) is 3.81. The van der Waals surface area contributed by atoms with E-state index in [1.807, 2.05) is 0 Å². The van der Waals surface area contributed by atoms with Crippen LogP contribution < -0.4 is 21.7 Å². The van der Waals surface area contributed by atoms with Crippen molar-refractivity contribution in [2.45, 2.75) is 0 Å². The lowest BCUT2D eigenvalue weighted by atomic mass is 10.1. The maximum Gasteiger partial charge on any atom is 0.271 e. The summed E-state index contributed by atoms with van der Waals surface area (Å²) in [6, 6.07) is 12.0. The van der Waals surface area contributed by atoms with Gasteiger partial charge in [0.15, 0.2) is 0 Å². The summed E-state index contributed by atoms with van der Waals surface area (Å²) in [4.78, 5) is 56.0. The SMILES string of the molecule is O=C(NNC(=O)c1cccc(C(=O)NNC(=O)c2cccnc2)c1)c1cccnc1. The van der Waals surface area contributed by atoms with E-state index in [0.717, 1.165) is 0 Å². The zero-order chi connectivity index (χ0) is 21.3. The third-order valence-corrected chi connectivity index (χ3v) is 3.81. The lowest BCUT2D eigenvalue weighted by Crippen LogP contribution is -2.42. The van der Waals surface area contributed by atoms with Crippen LogP contribution in [0.25, 0.3) is 0 Å². The zero-order valence-electron chi connectivity index (χ0n) is 15.5. The number of carbonyl (C=O) groups excluding carboxylic acids is 4. The van der Waals surface area contributed by atoms with E-state index in [-0.39, 0.29) is 22.3 Å². The van der Waals surface area contributed by atoms with E-state index < -0.39 is 23.6 Å². The first-order valence-electron chi connectivity index (χ1n) is 8.66. The molecule has 0 radical (unpaired) electrons. The molecule has 3 aromatic rings. The summed E-state index contributed by atoms with van der Waals surface area (Å²) in [6.45, 7) is 0. The first kappa shape index (κ1) is 20.1. The van der Waals surface area contributed by atoms with Crippen LogP contribution in [0, 0.1) is 0 Å². The second-order valence-corrected chi connectivity index (χ2v) is 5.88. The monoisotopic (exact) mass is 404 g/mol. The molecule has 1 aromatic carbocycles. The van der Waals surface area contributed by atoms with Gasteiger partial charge >= 0.3 is 0 Å². The van der Waals surface area contributed by atoms with Gasteiger partial charge in [-0.25, -0.2) is 0 Å². The Morgan fingerprint density at radius 2 is 0.900 bits per heavy atom. The van der Waals surface area contributed by atoms with E-state index >= 15 is 0 Å². The maximum atomic E-state index is 12.3. The van der Waals surface area contributed by atoms with Crippen LogP contribution in [0.4, 0.5) is 0 Å². The molecule has 0 atom stereocenters. The fourth-order valence-corrected chi connectivity index (χ4v) is 2.31. The predicted molar refractivity (Wildman–Crippen MR) is 105 cm³/mol. The molecule has 0 aliphatic heterocycles. The Balaban J connectivity index is 1.56. The van der Waals surface area contributed by atoms with Gasteiger partial charge in [0.25, 0.3) is 23.6 Å². The number of nitrogens with zero attached hydrogens (tertiary/aromatic N) is 2. The van der Waals surface area contributed by atoms with Crippen LogP contribution in [0.15, 0.2) is 73.3 Å². The normalized spacial score (nSPS) is 9.87. The van der Waals surface area contributed by atoms with Crippen molar-refractivity contribution in [3.63, 3.8) is 0 Å². The van der Waals surface area contributed by atoms with Crippen LogP contribution in [0.2, 0.25) is 0 Å². The summed E-state index contributed by atoms with van der Waals surface area (Å²) in [7, 11) is 0. The van der Waals surface area contributed by atoms with Crippen LogP contribution in [0.3, 0.4) is 0 Å². The van der Waals surface area contributed by atoms with Gasteiger partial charge in [0, 0.05) is 35.9 Å². The Kier molecular flexibility index (Phi) is 6.41. The largest absolute Gasteiger partial charge is 0.271 e. The van der Waals surface area contributed by atoms with Crippen LogP contribution >= 0.6 is 0 Å². The minimum atomic E-state index is -0.624. The first-order chi connectivity index (χ1) is 14.5. The topological polar surface area (TPSA) is 142 Å². The average Bonchev–Trinajstić information content (AvgIpc) is 2.81. The van der Waals surface area contributed by atoms with Crippen molar-refractivity contribution in [2.24, 2.45) is 0 Å². The van der Waals surface area contributed by atoms with Crippen molar-refractivity contribution >= 4 is 23.6 Å². The zero-order valence-corrected chi connectivity index (χ0v) is 15.5. The lowest BCUT2D eigenvalue weighted by Gasteiger charge is -2.09. The fraction of sp³-hybridized carbons (Fsp3) is 0. The molecule has 10 nitrogen and oxygen atoms in total. The number of hydrazine groups is 2. The van der Waals surface area contributed by atoms with Gasteiger partial charge in [-0.15, -0.1) is 0 Å². The van der Waals surface area contributed by atoms with Crippen LogP contribution in [0.5, 0.6) is 0 Å². The number of carbonyl (C=O) groups is 4. The quantitative estimate of drug-likeness (QED) is 0.470. The Morgan fingerprint density at radius 3 is 1.27 bits per heavy atom. The van der Waals surface area contributed by atoms with Gasteiger partial charge in [-0.05, 0) is 42.5 Å². The van der Waals surface area contributed by atoms with Crippen LogP contribution in [-0.4, -0.2) is 33.6 Å². The van der Waals surface area contributed by atoms with Crippen molar-refractivity contribution in [1.82, 2.24) is 31.7 Å². The van der Waals surface area contributed by atoms with E-state index in [0.29, 0.717) is 0 Å². The summed E-state index contributed by atoms with van der Waals surface area (Å²) in [5.74, 6) is -2.32. The lowest BCUT2D eigenvalue weighted by molar-refractivity contribution is 0.0842. The van der Waals surface area contributed by atoms with Gasteiger partial charge in [-0.3, -0.25) is 50.8 Å². The molecular weight excluding hydrogens is 388 g/mol. The van der Waals surface area contributed by atoms with Crippen LogP contribution in [0.1, 0.15) is 41.4 Å². The van der Waals surface area contributed by atoms with Crippen molar-refractivity contribution < 1.29 is 19.2 Å². The number of hydrogen-bond donors (Lipinski definition) is 4. The summed E-state index contributed by atoms with van der Waals surface area (Å²) < 4.78 is 0. The second kappa shape index (κ2) is 9.55. The van der Waals surface area contributed by atoms with Crippen molar-refractivity contribution in [3.05, 3.63) is 95.6 Å². The highest BCUT2D eigenvalue weighted by Gasteiger charge is 2.13. The summed E-state index contributed by atoms with van der Waals surface area (Å²) >= 11 is 0. The van der Waals surface area contributed by atoms with Crippen molar-refractivity contribution in [2.75, 3.05) is 0 Å². The Morgan fingerprint density at radius 1 is 0.533 bits per heavy atom. The molecule has 0 fully saturated rings. The molecule has 4 amide bonds. The molecule has 0 saturated heterocycles. The molecule has 0 saturated carbocycles. The van der Waals surface area contributed by atoms with E-state index in [2.05, 4.69) is 31.7 Å². The highest BCUT2D eigenvalue weighted by molar-refractivity contribution is 6.02. The number of amides is 4. The molecule has 30 heavy (non-hydrogen) atoms. The molecular formula is C20H16N6O4. The second-order valence-electron chi connectivity index (χ2n) is 5.88. The van der Waals surface area contributed by atoms with Gasteiger partial charge in [0.2, 0.25) is 0 Å². The van der Waals surface area contributed by atoms with Crippen LogP contribution in [-0.2, 0) is 0 Å². The molecule has 0 aliphatic carbocycles. The van der Waals surface area contributed by atoms with Gasteiger partial charge in [-0.1, -0.05) is 6.07 Å². The number of nitrogens with one attached hydrogen (secondary N) is 4. The summed E-state index contributed by atoms with van der Waals surface area (Å²) in [5.41, 5.74) is 9.86. The molecule has 2 aromatic heterocycles. The van der Waals surface area contributed by atoms with E-state index in [1.165, 1.54) is 49.1 Å². The van der Waals surface area contributed by atoms with Crippen molar-refractivity contribution in [1.29, 1.82) is 0 Å². The summed E-state index contributed by atoms with van der Waals surface area (Å²) in [6.07, 6.45) is 5.74. The molecule has 0 spiro atoms. The van der Waals surface area contributed by atoms with E-state index in [9.17, 15) is 19.2 Å². The standard InChI is InChI=1S/C20H16N6O4/c27-17(23-25-19(29)15-6-2-8-21-11-15)13-4-1-5-14(10-13)18(28)24-26-20(30)16-7-3-9-22-12-16/h1-12H,(H,23,27)(H,24,28)(H,25,29)(H,26,30). The molecule has 0 unspecified atom stereocenters. The number of rotatable bonds is 4. The number of aromatic nitrogens is 2. The predicted octanol–water partition coefficient (Wildman–Crippen LogP) is 0.626. The smallest absolute Gasteiger partial charge is 0.267 e. The van der Waals surface area contributed by atoms with E-state index in [1.54, 1.807) is 24.3 Å². The molecule has 0 bridgehead atoms. The average molecular weight is 404 g/mol. The molecule has 10 heteroatoms. The highest BCUT2D eigenvalue weighted by Crippen LogP contribution is 2.05. The molecule has 150 valence electrons. The molecule has 2 heterocycles. The maximum absolute atomic E-state index is 12.3. The number of hydrogen-bond acceptors (Lipinski definition) is 6. The Hall–Kier alpha value is -4.60. The minimum Gasteiger partial charge on any atom is -0.267 e. The van der Waals surface area contributed by atoms with Gasteiger partial charge < -0.3 is 0 Å². The Bertz CT molecular complexity index is 990. The highest BCUT2D eigenvalue weighted by atomic mass is 16.2. The molecule has 0 aliphatic rings. The van der Waals surface area contributed by atoms with Gasteiger partial charge in [-0.2, -0.15) is 0 Å². The Labute approximate surface area is 170 Å². The van der Waals surface area contributed by atoms with Gasteiger partial charge in [0.1, 0.15) is 0 Å². The molecule has 4 N–H and O–H groups in total. The number of pyridine rings is 2. The first-order valence-corrected chi connectivity index (χ1v) is 8.66. The van der Waals surface area contributed by atoms with Gasteiger partial charge in [0.05, 0.1) is 11.1 Å². The minimum absolute atomic E-state index is 0.132. The number of benzene rings is 1. The fourth-order valence-electron chi connectivity index (χ4n) is 2.31. The molecule has 3 rings (SSSR count). The van der Waals surface area contributed by atoms with E-state index in [4.69, 9.17) is 0 Å². The summed E-state index contributed by atoms with van der Waals surface area (Å²) in [5, 5.41) is 0.